The summed E-state index contributed by atoms with van der Waals surface area (Å²) in [6.07, 6.45) is -0.596. The molecule has 4 aromatic rings. The van der Waals surface area contributed by atoms with E-state index < -0.39 is 30.5 Å². The number of hydrogen-bond donors (Lipinski definition) is 2. The summed E-state index contributed by atoms with van der Waals surface area (Å²) >= 11 is 0. The van der Waals surface area contributed by atoms with Gasteiger partial charge in [0.1, 0.15) is 24.2 Å². The molecule has 5 heterocycles. The monoisotopic (exact) mass is 634 g/mol. The number of benzene rings is 3. The number of carbonyl (C=O) groups is 2. The van der Waals surface area contributed by atoms with Gasteiger partial charge in [0.05, 0.1) is 35.4 Å². The number of aromatic nitrogens is 2. The largest absolute Gasteiger partial charge is 0.494 e. The zero-order valence-electron chi connectivity index (χ0n) is 27.7. The van der Waals surface area contributed by atoms with E-state index in [9.17, 15) is 9.59 Å². The van der Waals surface area contributed by atoms with Crippen molar-refractivity contribution >= 4 is 46.4 Å². The molecule has 2 amide bonds. The van der Waals surface area contributed by atoms with Crippen LogP contribution in [0.5, 0.6) is 5.75 Å². The SMILES string of the molecule is COC(=O)N[C@H](C(=O)N1C2C3C([C@@H]32)[C@H]1c1nc2c(ccc3cc4c(cc32)OCc2cc(B3OC(C)(C)C(C)(C)O3)ccc2-4)[nH]1)C(C)C. The first kappa shape index (κ1) is 29.1. The number of aromatic amines is 1. The molecule has 3 unspecified atom stereocenters. The zero-order chi connectivity index (χ0) is 32.7. The molecule has 6 atom stereocenters. The molecule has 10 nitrogen and oxygen atoms in total. The zero-order valence-corrected chi connectivity index (χ0v) is 27.7. The van der Waals surface area contributed by atoms with Crippen molar-refractivity contribution in [2.45, 2.75) is 77.5 Å². The third-order valence-electron chi connectivity index (χ3n) is 11.7. The Morgan fingerprint density at radius 2 is 1.77 bits per heavy atom. The Kier molecular flexibility index (Phi) is 5.88. The van der Waals surface area contributed by atoms with Crippen LogP contribution in [0.15, 0.2) is 42.5 Å². The van der Waals surface area contributed by atoms with Crippen molar-refractivity contribution in [3.63, 3.8) is 0 Å². The second kappa shape index (κ2) is 9.51. The highest BCUT2D eigenvalue weighted by Crippen LogP contribution is 2.81. The summed E-state index contributed by atoms with van der Waals surface area (Å²) in [7, 11) is 0.888. The molecule has 10 rings (SSSR count). The lowest BCUT2D eigenvalue weighted by Gasteiger charge is -2.32. The maximum atomic E-state index is 13.9. The van der Waals surface area contributed by atoms with Crippen LogP contribution >= 0.6 is 0 Å². The van der Waals surface area contributed by atoms with Gasteiger partial charge in [0, 0.05) is 17.0 Å². The number of amides is 2. The second-order valence-corrected chi connectivity index (χ2v) is 15.2. The molecule has 6 aliphatic rings. The maximum Gasteiger partial charge on any atom is 0.494 e. The lowest BCUT2D eigenvalue weighted by atomic mass is 9.77. The van der Waals surface area contributed by atoms with Gasteiger partial charge < -0.3 is 34.0 Å². The molecular formula is C36H39BN4O6. The summed E-state index contributed by atoms with van der Waals surface area (Å²) in [5.41, 5.74) is 5.25. The average molecular weight is 635 g/mol. The highest BCUT2D eigenvalue weighted by molar-refractivity contribution is 6.62. The van der Waals surface area contributed by atoms with Gasteiger partial charge in [-0.3, -0.25) is 4.79 Å². The normalized spacial score (nSPS) is 27.7. The summed E-state index contributed by atoms with van der Waals surface area (Å²) < 4.78 is 23.8. The number of imidazole rings is 1. The minimum absolute atomic E-state index is 0.0685. The van der Waals surface area contributed by atoms with Crippen LogP contribution in [0.25, 0.3) is 32.9 Å². The van der Waals surface area contributed by atoms with Crippen LogP contribution < -0.4 is 15.5 Å². The van der Waals surface area contributed by atoms with Crippen LogP contribution in [0.4, 0.5) is 4.79 Å². The molecule has 4 aliphatic heterocycles. The summed E-state index contributed by atoms with van der Waals surface area (Å²) in [5, 5.41) is 4.83. The highest BCUT2D eigenvalue weighted by atomic mass is 16.7. The molecule has 2 N–H and O–H groups in total. The Labute approximate surface area is 273 Å². The number of hydrogen-bond acceptors (Lipinski definition) is 7. The summed E-state index contributed by atoms with van der Waals surface area (Å²) in [6.45, 7) is 12.6. The van der Waals surface area contributed by atoms with Crippen LogP contribution in [-0.4, -0.2) is 64.4 Å². The minimum Gasteiger partial charge on any atom is -0.488 e. The van der Waals surface area contributed by atoms with E-state index in [-0.39, 0.29) is 23.9 Å². The van der Waals surface area contributed by atoms with Gasteiger partial charge in [-0.2, -0.15) is 0 Å². The van der Waals surface area contributed by atoms with Crippen LogP contribution in [0.2, 0.25) is 0 Å². The summed E-state index contributed by atoms with van der Waals surface area (Å²) in [4.78, 5) is 36.7. The third-order valence-corrected chi connectivity index (χ3v) is 11.7. The third kappa shape index (κ3) is 4.08. The minimum atomic E-state index is -0.659. The van der Waals surface area contributed by atoms with Gasteiger partial charge in [0.25, 0.3) is 0 Å². The number of carbonyl (C=O) groups excluding carboxylic acids is 2. The standard InChI is InChI=1S/C36H39BN4O6/c1-16(2)28(40-34(43)44-7)33(42)41-30-25-26(30)27(25)31(41)32-38-23-11-8-17-13-22-20-10-9-19(37-46-35(3,4)36(5,6)47-37)12-18(20)15-45-24(22)14-21(17)29(23)39-32/h8-14,16,25-28,30-31H,15H2,1-7H3,(H,38,39)(H,40,43)/t25-,26?,27?,28+,30?,31+/m1/s1. The lowest BCUT2D eigenvalue weighted by molar-refractivity contribution is -0.136. The van der Waals surface area contributed by atoms with Crippen molar-refractivity contribution in [2.75, 3.05) is 7.11 Å². The van der Waals surface area contributed by atoms with Crippen LogP contribution in [0.1, 0.15) is 59.0 Å². The van der Waals surface area contributed by atoms with Crippen molar-refractivity contribution in [1.29, 1.82) is 0 Å². The van der Waals surface area contributed by atoms with Gasteiger partial charge in [-0.05, 0) is 91.5 Å². The maximum absolute atomic E-state index is 13.9. The van der Waals surface area contributed by atoms with Crippen molar-refractivity contribution in [3.05, 3.63) is 53.9 Å². The van der Waals surface area contributed by atoms with Crippen molar-refractivity contribution in [1.82, 2.24) is 20.2 Å². The van der Waals surface area contributed by atoms with E-state index in [4.69, 9.17) is 23.8 Å². The Morgan fingerprint density at radius 3 is 2.47 bits per heavy atom. The van der Waals surface area contributed by atoms with E-state index in [1.54, 1.807) is 0 Å². The van der Waals surface area contributed by atoms with Crippen LogP contribution in [0, 0.1) is 23.7 Å². The van der Waals surface area contributed by atoms with Gasteiger partial charge in [-0.25, -0.2) is 9.78 Å². The Morgan fingerprint density at radius 1 is 1.02 bits per heavy atom. The molecule has 5 fully saturated rings. The van der Waals surface area contributed by atoms with E-state index in [0.29, 0.717) is 24.4 Å². The first-order valence-electron chi connectivity index (χ1n) is 16.6. The fourth-order valence-corrected chi connectivity index (χ4v) is 8.25. The number of alkyl carbamates (subject to hydrolysis) is 1. The predicted octanol–water partition coefficient (Wildman–Crippen LogP) is 5.08. The molecule has 47 heavy (non-hydrogen) atoms. The van der Waals surface area contributed by atoms with Crippen LogP contribution in [0.3, 0.4) is 0 Å². The number of nitrogens with one attached hydrogen (secondary N) is 2. The molecule has 0 spiro atoms. The Balaban J connectivity index is 1.04. The molecular weight excluding hydrogens is 595 g/mol. The Bertz CT molecular complexity index is 2000. The summed E-state index contributed by atoms with van der Waals surface area (Å²) in [6, 6.07) is 14.3. The summed E-state index contributed by atoms with van der Waals surface area (Å²) in [5.74, 6) is 2.96. The first-order valence-corrected chi connectivity index (χ1v) is 16.6. The van der Waals surface area contributed by atoms with Gasteiger partial charge in [-0.1, -0.05) is 38.1 Å². The van der Waals surface area contributed by atoms with E-state index in [1.165, 1.54) is 7.11 Å². The quantitative estimate of drug-likeness (QED) is 0.294. The van der Waals surface area contributed by atoms with Gasteiger partial charge in [-0.15, -0.1) is 0 Å². The molecule has 2 saturated carbocycles. The molecule has 11 heteroatoms. The topological polar surface area (TPSA) is 115 Å². The first-order chi connectivity index (χ1) is 22.4. The number of methoxy groups -OCH3 is 1. The molecule has 242 valence electrons. The van der Waals surface area contributed by atoms with Crippen molar-refractivity contribution < 1.29 is 28.4 Å². The fourth-order valence-electron chi connectivity index (χ4n) is 8.25. The molecule has 0 radical (unpaired) electrons. The van der Waals surface area contributed by atoms with Gasteiger partial charge in [0.2, 0.25) is 5.91 Å². The average Bonchev–Trinajstić information content (AvgIpc) is 3.70. The fraction of sp³-hybridized carbons (Fsp3) is 0.472. The van der Waals surface area contributed by atoms with E-state index >= 15 is 0 Å². The molecule has 1 aromatic heterocycles. The van der Waals surface area contributed by atoms with E-state index in [0.717, 1.165) is 55.5 Å². The van der Waals surface area contributed by atoms with E-state index in [2.05, 4.69) is 80.5 Å². The second-order valence-electron chi connectivity index (χ2n) is 15.2. The van der Waals surface area contributed by atoms with Gasteiger partial charge in [0.15, 0.2) is 0 Å². The molecule has 2 bridgehead atoms. The molecule has 3 saturated heterocycles. The number of piperidine rings is 1. The number of fused-ring (bicyclic) bond motifs is 7. The smallest absolute Gasteiger partial charge is 0.488 e. The molecule has 2 aliphatic carbocycles. The lowest BCUT2D eigenvalue weighted by Crippen LogP contribution is -2.51. The highest BCUT2D eigenvalue weighted by Gasteiger charge is 2.85. The van der Waals surface area contributed by atoms with Crippen molar-refractivity contribution in [2.24, 2.45) is 23.7 Å². The Hall–Kier alpha value is -4.09. The predicted molar refractivity (Wildman–Crippen MR) is 177 cm³/mol. The van der Waals surface area contributed by atoms with E-state index in [1.807, 2.05) is 18.7 Å². The van der Waals surface area contributed by atoms with Crippen molar-refractivity contribution in [3.8, 4) is 16.9 Å². The molecule has 3 aromatic carbocycles. The number of nitrogens with zero attached hydrogens (tertiary/aromatic N) is 2. The number of rotatable bonds is 5. The number of ether oxygens (including phenoxy) is 2. The number of H-pyrrole nitrogens is 1. The van der Waals surface area contributed by atoms with Crippen LogP contribution in [-0.2, 0) is 25.4 Å². The van der Waals surface area contributed by atoms with Gasteiger partial charge >= 0.3 is 13.2 Å².